The van der Waals surface area contributed by atoms with Crippen LogP contribution in [0.4, 0.5) is 0 Å². The van der Waals surface area contributed by atoms with Crippen molar-refractivity contribution >= 4 is 0 Å². The van der Waals surface area contributed by atoms with Crippen molar-refractivity contribution in [2.45, 2.75) is 45.2 Å². The Kier molecular flexibility index (Phi) is 3.13. The Labute approximate surface area is 88.1 Å². The molecular formula is C12H24N2. The fourth-order valence-electron chi connectivity index (χ4n) is 3.37. The van der Waals surface area contributed by atoms with Crippen molar-refractivity contribution in [3.05, 3.63) is 0 Å². The molecule has 1 aliphatic heterocycles. The van der Waals surface area contributed by atoms with Crippen molar-refractivity contribution in [3.8, 4) is 0 Å². The minimum absolute atomic E-state index is 0.732. The van der Waals surface area contributed by atoms with Gasteiger partial charge in [-0.15, -0.1) is 0 Å². The Morgan fingerprint density at radius 1 is 1.14 bits per heavy atom. The van der Waals surface area contributed by atoms with Gasteiger partial charge in [-0.1, -0.05) is 6.42 Å². The van der Waals surface area contributed by atoms with E-state index in [4.69, 9.17) is 0 Å². The Bertz CT molecular complexity index is 177. The minimum Gasteiger partial charge on any atom is -0.316 e. The van der Waals surface area contributed by atoms with E-state index in [9.17, 15) is 0 Å². The van der Waals surface area contributed by atoms with Gasteiger partial charge >= 0.3 is 0 Å². The van der Waals surface area contributed by atoms with E-state index in [0.29, 0.717) is 0 Å². The molecule has 0 aromatic rings. The number of hydrogen-bond acceptors (Lipinski definition) is 2. The molecule has 1 saturated heterocycles. The van der Waals surface area contributed by atoms with Gasteiger partial charge < -0.3 is 10.2 Å². The first kappa shape index (κ1) is 10.4. The molecule has 0 aromatic heterocycles. The molecule has 2 fully saturated rings. The quantitative estimate of drug-likeness (QED) is 0.723. The second kappa shape index (κ2) is 4.19. The van der Waals surface area contributed by atoms with Crippen LogP contribution in [-0.2, 0) is 0 Å². The zero-order chi connectivity index (χ0) is 10.1. The van der Waals surface area contributed by atoms with E-state index in [1.54, 1.807) is 0 Å². The SMILES string of the molecule is CNC1C2CCCC1CN(C(C)C)C2. The standard InChI is InChI=1S/C12H24N2/c1-9(2)14-7-10-5-4-6-11(8-14)12(10)13-3/h9-13H,4-8H2,1-3H3. The molecule has 2 rings (SSSR count). The molecule has 0 spiro atoms. The number of nitrogens with zero attached hydrogens (tertiary/aromatic N) is 1. The highest BCUT2D eigenvalue weighted by atomic mass is 15.2. The second-order valence-electron chi connectivity index (χ2n) is 5.31. The van der Waals surface area contributed by atoms with Crippen LogP contribution in [0, 0.1) is 11.8 Å². The normalized spacial score (nSPS) is 39.0. The first-order valence-corrected chi connectivity index (χ1v) is 6.13. The zero-order valence-electron chi connectivity index (χ0n) is 9.79. The van der Waals surface area contributed by atoms with Crippen molar-refractivity contribution < 1.29 is 0 Å². The number of rotatable bonds is 2. The Hall–Kier alpha value is -0.0800. The summed E-state index contributed by atoms with van der Waals surface area (Å²) >= 11 is 0. The van der Waals surface area contributed by atoms with Crippen molar-refractivity contribution in [2.24, 2.45) is 11.8 Å². The van der Waals surface area contributed by atoms with E-state index < -0.39 is 0 Å². The van der Waals surface area contributed by atoms with Crippen molar-refractivity contribution in [1.29, 1.82) is 0 Å². The second-order valence-corrected chi connectivity index (χ2v) is 5.31. The maximum absolute atomic E-state index is 3.54. The van der Waals surface area contributed by atoms with E-state index in [-0.39, 0.29) is 0 Å². The molecule has 1 saturated carbocycles. The van der Waals surface area contributed by atoms with E-state index in [2.05, 4.69) is 31.1 Å². The fraction of sp³-hybridized carbons (Fsp3) is 1.00. The largest absolute Gasteiger partial charge is 0.316 e. The van der Waals surface area contributed by atoms with Crippen molar-refractivity contribution in [3.63, 3.8) is 0 Å². The summed E-state index contributed by atoms with van der Waals surface area (Å²) in [6, 6.07) is 1.54. The zero-order valence-corrected chi connectivity index (χ0v) is 9.79. The van der Waals surface area contributed by atoms with Gasteiger partial charge in [0, 0.05) is 25.2 Å². The lowest BCUT2D eigenvalue weighted by atomic mass is 9.73. The van der Waals surface area contributed by atoms with Crippen LogP contribution in [0.2, 0.25) is 0 Å². The first-order valence-electron chi connectivity index (χ1n) is 6.13. The van der Waals surface area contributed by atoms with Crippen LogP contribution in [0.5, 0.6) is 0 Å². The predicted molar refractivity (Wildman–Crippen MR) is 60.4 cm³/mol. The predicted octanol–water partition coefficient (Wildman–Crippen LogP) is 1.71. The summed E-state index contributed by atoms with van der Waals surface area (Å²) in [4.78, 5) is 2.67. The van der Waals surface area contributed by atoms with Gasteiger partial charge in [0.25, 0.3) is 0 Å². The third kappa shape index (κ3) is 1.82. The lowest BCUT2D eigenvalue weighted by Gasteiger charge is -2.48. The Balaban J connectivity index is 2.04. The Morgan fingerprint density at radius 2 is 1.71 bits per heavy atom. The lowest BCUT2D eigenvalue weighted by Crippen LogP contribution is -2.57. The summed E-state index contributed by atoms with van der Waals surface area (Å²) in [5, 5.41) is 3.54. The van der Waals surface area contributed by atoms with Crippen LogP contribution >= 0.6 is 0 Å². The number of piperidine rings is 1. The molecule has 0 amide bonds. The fourth-order valence-corrected chi connectivity index (χ4v) is 3.37. The highest BCUT2D eigenvalue weighted by molar-refractivity contribution is 4.94. The number of fused-ring (bicyclic) bond motifs is 2. The lowest BCUT2D eigenvalue weighted by molar-refractivity contribution is 0.0327. The van der Waals surface area contributed by atoms with Crippen LogP contribution in [0.25, 0.3) is 0 Å². The molecule has 1 aliphatic carbocycles. The van der Waals surface area contributed by atoms with E-state index in [0.717, 1.165) is 23.9 Å². The van der Waals surface area contributed by atoms with Gasteiger partial charge in [0.2, 0.25) is 0 Å². The topological polar surface area (TPSA) is 15.3 Å². The highest BCUT2D eigenvalue weighted by Crippen LogP contribution is 2.35. The average Bonchev–Trinajstić information content (AvgIpc) is 2.15. The summed E-state index contributed by atoms with van der Waals surface area (Å²) in [7, 11) is 2.14. The third-order valence-electron chi connectivity index (χ3n) is 4.17. The molecular weight excluding hydrogens is 172 g/mol. The Morgan fingerprint density at radius 3 is 2.14 bits per heavy atom. The molecule has 2 bridgehead atoms. The van der Waals surface area contributed by atoms with Gasteiger partial charge in [-0.05, 0) is 45.6 Å². The van der Waals surface area contributed by atoms with Crippen LogP contribution in [0.15, 0.2) is 0 Å². The van der Waals surface area contributed by atoms with Gasteiger partial charge in [0.15, 0.2) is 0 Å². The monoisotopic (exact) mass is 196 g/mol. The molecule has 82 valence electrons. The summed E-state index contributed by atoms with van der Waals surface area (Å²) in [6.45, 7) is 7.30. The van der Waals surface area contributed by atoms with Crippen molar-refractivity contribution in [1.82, 2.24) is 10.2 Å². The number of likely N-dealkylation sites (tertiary alicyclic amines) is 1. The van der Waals surface area contributed by atoms with E-state index >= 15 is 0 Å². The molecule has 1 N–H and O–H groups in total. The van der Waals surface area contributed by atoms with Crippen LogP contribution in [-0.4, -0.2) is 37.1 Å². The summed E-state index contributed by atoms with van der Waals surface area (Å²) in [5.74, 6) is 1.82. The summed E-state index contributed by atoms with van der Waals surface area (Å²) < 4.78 is 0. The third-order valence-corrected chi connectivity index (χ3v) is 4.17. The van der Waals surface area contributed by atoms with Gasteiger partial charge in [0.1, 0.15) is 0 Å². The minimum atomic E-state index is 0.732. The molecule has 1 heterocycles. The highest BCUT2D eigenvalue weighted by Gasteiger charge is 2.38. The van der Waals surface area contributed by atoms with Crippen LogP contribution in [0.1, 0.15) is 33.1 Å². The number of nitrogens with one attached hydrogen (secondary N) is 1. The van der Waals surface area contributed by atoms with Gasteiger partial charge in [-0.2, -0.15) is 0 Å². The smallest absolute Gasteiger partial charge is 0.0145 e. The molecule has 0 radical (unpaired) electrons. The maximum atomic E-state index is 3.54. The summed E-state index contributed by atoms with van der Waals surface area (Å²) in [5.41, 5.74) is 0. The van der Waals surface area contributed by atoms with Gasteiger partial charge in [0.05, 0.1) is 0 Å². The maximum Gasteiger partial charge on any atom is 0.0145 e. The van der Waals surface area contributed by atoms with Gasteiger partial charge in [-0.3, -0.25) is 0 Å². The molecule has 2 nitrogen and oxygen atoms in total. The first-order chi connectivity index (χ1) is 6.72. The molecule has 2 aliphatic rings. The molecule has 2 atom stereocenters. The molecule has 2 unspecified atom stereocenters. The van der Waals surface area contributed by atoms with Crippen molar-refractivity contribution in [2.75, 3.05) is 20.1 Å². The van der Waals surface area contributed by atoms with Crippen LogP contribution in [0.3, 0.4) is 0 Å². The van der Waals surface area contributed by atoms with Crippen LogP contribution < -0.4 is 5.32 Å². The van der Waals surface area contributed by atoms with Gasteiger partial charge in [-0.25, -0.2) is 0 Å². The van der Waals surface area contributed by atoms with E-state index in [1.807, 2.05) is 0 Å². The molecule has 14 heavy (non-hydrogen) atoms. The summed E-state index contributed by atoms with van der Waals surface area (Å²) in [6.07, 6.45) is 4.33. The van der Waals surface area contributed by atoms with E-state index in [1.165, 1.54) is 32.4 Å². The molecule has 2 heteroatoms. The average molecular weight is 196 g/mol. The number of hydrogen-bond donors (Lipinski definition) is 1. The molecule has 0 aromatic carbocycles.